The first-order valence-corrected chi connectivity index (χ1v) is 11.4. The van der Waals surface area contributed by atoms with Crippen LogP contribution in [0.2, 0.25) is 0 Å². The maximum Gasteiger partial charge on any atom is 0.258 e. The van der Waals surface area contributed by atoms with E-state index >= 15 is 0 Å². The van der Waals surface area contributed by atoms with Crippen LogP contribution in [0.15, 0.2) is 18.3 Å². The zero-order valence-corrected chi connectivity index (χ0v) is 18.5. The second kappa shape index (κ2) is 7.20. The van der Waals surface area contributed by atoms with E-state index < -0.39 is 17.5 Å². The number of nitrogens with zero attached hydrogens (tertiary/aromatic N) is 5. The molecule has 0 radical (unpaired) electrons. The van der Waals surface area contributed by atoms with Gasteiger partial charge in [-0.3, -0.25) is 14.2 Å². The molecule has 4 heterocycles. The van der Waals surface area contributed by atoms with Crippen molar-refractivity contribution in [3.8, 4) is 11.3 Å². The van der Waals surface area contributed by atoms with Gasteiger partial charge in [0.2, 0.25) is 0 Å². The first-order chi connectivity index (χ1) is 15.8. The minimum absolute atomic E-state index is 0.0172. The molecule has 33 heavy (non-hydrogen) atoms. The van der Waals surface area contributed by atoms with E-state index in [2.05, 4.69) is 5.10 Å². The molecule has 2 aliphatic heterocycles. The molecule has 1 saturated heterocycles. The van der Waals surface area contributed by atoms with Crippen LogP contribution in [0.4, 0.5) is 13.2 Å². The number of carbonyl (C=O) groups excluding carboxylic acids is 1. The van der Waals surface area contributed by atoms with Gasteiger partial charge in [0, 0.05) is 43.4 Å². The quantitative estimate of drug-likeness (QED) is 0.550. The van der Waals surface area contributed by atoms with E-state index in [4.69, 9.17) is 5.10 Å². The number of carbonyl (C=O) groups is 1. The lowest BCUT2D eigenvalue weighted by Crippen LogP contribution is -2.50. The Bertz CT molecular complexity index is 1270. The van der Waals surface area contributed by atoms with Crippen molar-refractivity contribution in [2.75, 3.05) is 0 Å². The van der Waals surface area contributed by atoms with E-state index in [9.17, 15) is 18.0 Å². The fourth-order valence-corrected chi connectivity index (χ4v) is 5.67. The molecule has 2 fully saturated rings. The molecule has 6 nitrogen and oxygen atoms in total. The number of rotatable bonds is 3. The molecule has 3 aliphatic rings. The smallest absolute Gasteiger partial charge is 0.258 e. The Morgan fingerprint density at radius 3 is 2.42 bits per heavy atom. The van der Waals surface area contributed by atoms with Crippen LogP contribution in [0.3, 0.4) is 0 Å². The van der Waals surface area contributed by atoms with Crippen LogP contribution in [-0.2, 0) is 20.5 Å². The summed E-state index contributed by atoms with van der Waals surface area (Å²) in [6.07, 6.45) is 7.08. The van der Waals surface area contributed by atoms with Gasteiger partial charge in [0.1, 0.15) is 0 Å². The molecule has 1 aromatic carbocycles. The monoisotopic (exact) mass is 455 g/mol. The van der Waals surface area contributed by atoms with Crippen LogP contribution < -0.4 is 0 Å². The van der Waals surface area contributed by atoms with Crippen LogP contribution in [0.25, 0.3) is 11.3 Å². The summed E-state index contributed by atoms with van der Waals surface area (Å²) in [5.41, 5.74) is 4.02. The van der Waals surface area contributed by atoms with Crippen molar-refractivity contribution in [1.29, 1.82) is 0 Å². The van der Waals surface area contributed by atoms with Crippen molar-refractivity contribution in [3.63, 3.8) is 0 Å². The highest BCUT2D eigenvalue weighted by Gasteiger charge is 2.45. The van der Waals surface area contributed by atoms with E-state index in [-0.39, 0.29) is 23.6 Å². The zero-order valence-electron chi connectivity index (χ0n) is 18.5. The molecule has 0 unspecified atom stereocenters. The van der Waals surface area contributed by atoms with Crippen molar-refractivity contribution in [3.05, 3.63) is 58.3 Å². The molecule has 1 amide bonds. The van der Waals surface area contributed by atoms with Crippen molar-refractivity contribution >= 4 is 5.91 Å². The Labute approximate surface area is 189 Å². The molecule has 1 aliphatic carbocycles. The Balaban J connectivity index is 1.43. The molecule has 0 spiro atoms. The normalized spacial score (nSPS) is 21.9. The number of piperidine rings is 1. The average Bonchev–Trinajstić information content (AvgIpc) is 3.47. The van der Waals surface area contributed by atoms with E-state index in [1.807, 2.05) is 18.1 Å². The van der Waals surface area contributed by atoms with E-state index in [0.29, 0.717) is 23.6 Å². The first-order valence-electron chi connectivity index (χ1n) is 11.4. The summed E-state index contributed by atoms with van der Waals surface area (Å²) in [4.78, 5) is 15.7. The third-order valence-corrected chi connectivity index (χ3v) is 7.22. The second-order valence-electron chi connectivity index (χ2n) is 9.48. The highest BCUT2D eigenvalue weighted by atomic mass is 19.2. The largest absolute Gasteiger partial charge is 0.327 e. The Morgan fingerprint density at radius 1 is 1.00 bits per heavy atom. The summed E-state index contributed by atoms with van der Waals surface area (Å²) in [6, 6.07) is 1.79. The summed E-state index contributed by atoms with van der Waals surface area (Å²) in [5, 5.41) is 9.25. The van der Waals surface area contributed by atoms with Gasteiger partial charge < -0.3 is 4.90 Å². The Kier molecular flexibility index (Phi) is 4.47. The van der Waals surface area contributed by atoms with Gasteiger partial charge >= 0.3 is 0 Å². The van der Waals surface area contributed by atoms with Gasteiger partial charge in [-0.2, -0.15) is 10.2 Å². The number of benzene rings is 1. The number of hydrogen-bond donors (Lipinski definition) is 0. The predicted octanol–water partition coefficient (Wildman–Crippen LogP) is 4.41. The molecule has 9 heteroatoms. The number of halogens is 3. The third-order valence-electron chi connectivity index (χ3n) is 7.22. The van der Waals surface area contributed by atoms with Crippen LogP contribution in [0, 0.1) is 17.5 Å². The van der Waals surface area contributed by atoms with Crippen molar-refractivity contribution in [2.45, 2.75) is 56.5 Å². The van der Waals surface area contributed by atoms with E-state index in [1.165, 1.54) is 0 Å². The summed E-state index contributed by atoms with van der Waals surface area (Å²) in [5.74, 6) is -3.59. The van der Waals surface area contributed by atoms with Gasteiger partial charge in [-0.1, -0.05) is 0 Å². The number of aromatic nitrogens is 4. The molecule has 0 N–H and O–H groups in total. The molecule has 1 saturated carbocycles. The van der Waals surface area contributed by atoms with Crippen molar-refractivity contribution in [1.82, 2.24) is 24.5 Å². The number of aryl methyl sites for hydroxylation is 2. The fraction of sp³-hybridized carbons (Fsp3) is 0.458. The highest BCUT2D eigenvalue weighted by molar-refractivity contribution is 5.96. The summed E-state index contributed by atoms with van der Waals surface area (Å²) >= 11 is 0. The lowest BCUT2D eigenvalue weighted by atomic mass is 9.81. The molecular formula is C24H24F3N5O. The molecule has 2 aromatic heterocycles. The maximum absolute atomic E-state index is 14.0. The zero-order chi connectivity index (χ0) is 23.0. The van der Waals surface area contributed by atoms with Crippen LogP contribution in [0.1, 0.15) is 71.4 Å². The summed E-state index contributed by atoms with van der Waals surface area (Å²) in [7, 11) is 3.55. The number of fused-ring (bicyclic) bond motifs is 4. The van der Waals surface area contributed by atoms with Crippen molar-refractivity contribution < 1.29 is 18.0 Å². The number of hydrogen-bond acceptors (Lipinski definition) is 3. The highest BCUT2D eigenvalue weighted by Crippen LogP contribution is 2.47. The minimum Gasteiger partial charge on any atom is -0.327 e. The van der Waals surface area contributed by atoms with Gasteiger partial charge in [0.05, 0.1) is 28.7 Å². The minimum atomic E-state index is -1.48. The van der Waals surface area contributed by atoms with Crippen LogP contribution in [0.5, 0.6) is 0 Å². The van der Waals surface area contributed by atoms with Crippen molar-refractivity contribution in [2.24, 2.45) is 14.1 Å². The lowest BCUT2D eigenvalue weighted by Gasteiger charge is -2.45. The van der Waals surface area contributed by atoms with Gasteiger partial charge in [-0.25, -0.2) is 13.2 Å². The van der Waals surface area contributed by atoms with Gasteiger partial charge in [-0.15, -0.1) is 0 Å². The standard InChI is InChI=1S/C24H24F3N5O/c1-30-11-16(21(28-30)12-6-7-12)24(33)32-14-4-3-5-19(32)22-15(10-14)23(31(2)29-22)13-8-17(25)20(27)18(26)9-13/h8-9,11-12,14,19H,3-7,10H2,1-2H3/t14-,19+/m0/s1. The molecule has 2 atom stereocenters. The Hall–Kier alpha value is -3.10. The SMILES string of the molecule is Cn1cc(C(=O)N2[C@H]3CCC[C@@H]2c2nn(C)c(-c4cc(F)c(F)c(F)c4)c2C3)c(C2CC2)n1. The second-order valence-corrected chi connectivity index (χ2v) is 9.48. The van der Waals surface area contributed by atoms with Crippen LogP contribution in [-0.4, -0.2) is 36.4 Å². The lowest BCUT2D eigenvalue weighted by molar-refractivity contribution is 0.0390. The summed E-state index contributed by atoms with van der Waals surface area (Å²) in [6.45, 7) is 0. The van der Waals surface area contributed by atoms with E-state index in [1.54, 1.807) is 16.4 Å². The van der Waals surface area contributed by atoms with E-state index in [0.717, 1.165) is 61.2 Å². The van der Waals surface area contributed by atoms with Gasteiger partial charge in [-0.05, 0) is 50.7 Å². The predicted molar refractivity (Wildman–Crippen MR) is 114 cm³/mol. The summed E-state index contributed by atoms with van der Waals surface area (Å²) < 4.78 is 44.8. The average molecular weight is 455 g/mol. The first kappa shape index (κ1) is 20.5. The molecule has 3 aromatic rings. The van der Waals surface area contributed by atoms with Gasteiger partial charge in [0.25, 0.3) is 5.91 Å². The molecular weight excluding hydrogens is 431 g/mol. The topological polar surface area (TPSA) is 56.0 Å². The Morgan fingerprint density at radius 2 is 1.73 bits per heavy atom. The molecule has 2 bridgehead atoms. The third kappa shape index (κ3) is 3.12. The molecule has 6 rings (SSSR count). The van der Waals surface area contributed by atoms with Crippen LogP contribution >= 0.6 is 0 Å². The maximum atomic E-state index is 14.0. The fourth-order valence-electron chi connectivity index (χ4n) is 5.67. The van der Waals surface area contributed by atoms with Gasteiger partial charge in [0.15, 0.2) is 17.5 Å². The number of amides is 1. The molecule has 172 valence electrons.